The van der Waals surface area contributed by atoms with Crippen LogP contribution in [-0.2, 0) is 31.4 Å². The molecule has 140 valence electrons. The van der Waals surface area contributed by atoms with Gasteiger partial charge in [-0.2, -0.15) is 5.10 Å². The summed E-state index contributed by atoms with van der Waals surface area (Å²) in [7, 11) is 1.83. The number of ether oxygens (including phenoxy) is 2. The summed E-state index contributed by atoms with van der Waals surface area (Å²) in [6, 6.07) is 2.97. The van der Waals surface area contributed by atoms with E-state index >= 15 is 0 Å². The summed E-state index contributed by atoms with van der Waals surface area (Å²) in [4.78, 5) is 8.65. The molecule has 0 saturated carbocycles. The van der Waals surface area contributed by atoms with Crippen LogP contribution in [0.1, 0.15) is 23.9 Å². The Labute approximate surface area is 151 Å². The van der Waals surface area contributed by atoms with Crippen LogP contribution < -0.4 is 15.4 Å². The average Bonchev–Trinajstić information content (AvgIpc) is 3.04. The normalized spacial score (nSPS) is 13.9. The number of benzene rings is 1. The van der Waals surface area contributed by atoms with Gasteiger partial charge in [0.25, 0.3) is 0 Å². The van der Waals surface area contributed by atoms with Crippen molar-refractivity contribution in [1.82, 2.24) is 25.4 Å². The van der Waals surface area contributed by atoms with Gasteiger partial charge in [0.2, 0.25) is 0 Å². The van der Waals surface area contributed by atoms with E-state index in [2.05, 4.69) is 25.7 Å². The molecule has 3 rings (SSSR count). The lowest BCUT2D eigenvalue weighted by molar-refractivity contribution is -0.0172. The highest BCUT2D eigenvalue weighted by molar-refractivity contribution is 5.79. The zero-order valence-electron chi connectivity index (χ0n) is 15.0. The number of nitrogens with zero attached hydrogens (tertiary/aromatic N) is 4. The van der Waals surface area contributed by atoms with Crippen LogP contribution in [-0.4, -0.2) is 40.6 Å². The van der Waals surface area contributed by atoms with Gasteiger partial charge in [0.15, 0.2) is 12.8 Å². The third-order valence-electron chi connectivity index (χ3n) is 3.97. The summed E-state index contributed by atoms with van der Waals surface area (Å²) in [6.07, 6.45) is 2.11. The Morgan fingerprint density at radius 2 is 2.27 bits per heavy atom. The molecule has 0 bridgehead atoms. The van der Waals surface area contributed by atoms with E-state index < -0.39 is 0 Å². The maximum Gasteiger partial charge on any atom is 0.191 e. The number of guanidine groups is 1. The standard InChI is InChI=1S/C17H23FN6O2/c1-3-19-17(21-8-15-22-10-23-24(15)2)20-5-4-12-6-14(18)7-13-9-25-11-26-16(12)13/h6-7,10H,3-5,8-9,11H2,1-2H3,(H2,19,20,21). The van der Waals surface area contributed by atoms with Gasteiger partial charge < -0.3 is 20.1 Å². The molecule has 1 aromatic heterocycles. The van der Waals surface area contributed by atoms with Crippen molar-refractivity contribution in [3.05, 3.63) is 41.2 Å². The SMILES string of the molecule is CCNC(=NCc1ncnn1C)NCCc1cc(F)cc2c1OCOC2. The molecule has 26 heavy (non-hydrogen) atoms. The van der Waals surface area contributed by atoms with Crippen LogP contribution in [0.4, 0.5) is 4.39 Å². The molecule has 1 aliphatic rings. The molecule has 0 spiro atoms. The number of rotatable bonds is 6. The Hall–Kier alpha value is -2.68. The smallest absolute Gasteiger partial charge is 0.191 e. The molecule has 2 heterocycles. The Balaban J connectivity index is 1.61. The molecule has 0 fully saturated rings. The fourth-order valence-electron chi connectivity index (χ4n) is 2.71. The average molecular weight is 362 g/mol. The first-order valence-electron chi connectivity index (χ1n) is 8.54. The van der Waals surface area contributed by atoms with Crippen molar-refractivity contribution < 1.29 is 13.9 Å². The van der Waals surface area contributed by atoms with Crippen molar-refractivity contribution in [2.24, 2.45) is 12.0 Å². The Morgan fingerprint density at radius 3 is 3.04 bits per heavy atom. The third kappa shape index (κ3) is 4.48. The number of halogens is 1. The highest BCUT2D eigenvalue weighted by atomic mass is 19.1. The monoisotopic (exact) mass is 362 g/mol. The summed E-state index contributed by atoms with van der Waals surface area (Å²) in [5, 5.41) is 10.5. The number of aryl methyl sites for hydroxylation is 1. The molecule has 8 nitrogen and oxygen atoms in total. The van der Waals surface area contributed by atoms with Gasteiger partial charge in [-0.3, -0.25) is 4.68 Å². The largest absolute Gasteiger partial charge is 0.467 e. The first-order chi connectivity index (χ1) is 12.7. The second-order valence-corrected chi connectivity index (χ2v) is 5.84. The molecule has 0 atom stereocenters. The Kier molecular flexibility index (Phi) is 6.00. The molecule has 0 unspecified atom stereocenters. The van der Waals surface area contributed by atoms with Gasteiger partial charge in [0, 0.05) is 25.7 Å². The first kappa shape index (κ1) is 18.1. The van der Waals surface area contributed by atoms with Crippen LogP contribution in [0.3, 0.4) is 0 Å². The third-order valence-corrected chi connectivity index (χ3v) is 3.97. The molecule has 2 aromatic rings. The van der Waals surface area contributed by atoms with E-state index in [1.165, 1.54) is 18.5 Å². The molecule has 0 saturated heterocycles. The van der Waals surface area contributed by atoms with Gasteiger partial charge in [-0.15, -0.1) is 0 Å². The number of hydrogen-bond donors (Lipinski definition) is 2. The number of aliphatic imine (C=N–C) groups is 1. The summed E-state index contributed by atoms with van der Waals surface area (Å²) >= 11 is 0. The van der Waals surface area contributed by atoms with Crippen molar-refractivity contribution in [2.75, 3.05) is 19.9 Å². The number of nitrogens with one attached hydrogen (secondary N) is 2. The minimum Gasteiger partial charge on any atom is -0.467 e. The van der Waals surface area contributed by atoms with Crippen LogP contribution in [0.25, 0.3) is 0 Å². The van der Waals surface area contributed by atoms with Crippen molar-refractivity contribution in [2.45, 2.75) is 26.5 Å². The lowest BCUT2D eigenvalue weighted by Crippen LogP contribution is -2.38. The van der Waals surface area contributed by atoms with Crippen molar-refractivity contribution in [1.29, 1.82) is 0 Å². The Bertz CT molecular complexity index is 777. The number of hydrogen-bond acceptors (Lipinski definition) is 5. The molecule has 2 N–H and O–H groups in total. The van der Waals surface area contributed by atoms with Crippen molar-refractivity contribution in [3.8, 4) is 5.75 Å². The lowest BCUT2D eigenvalue weighted by Gasteiger charge is -2.21. The van der Waals surface area contributed by atoms with Crippen LogP contribution in [0, 0.1) is 5.82 Å². The summed E-state index contributed by atoms with van der Waals surface area (Å²) in [6.45, 7) is 4.30. The summed E-state index contributed by atoms with van der Waals surface area (Å²) in [5.41, 5.74) is 1.56. The van der Waals surface area contributed by atoms with Crippen molar-refractivity contribution in [3.63, 3.8) is 0 Å². The predicted octanol–water partition coefficient (Wildman–Crippen LogP) is 1.12. The molecule has 9 heteroatoms. The van der Waals surface area contributed by atoms with Crippen LogP contribution >= 0.6 is 0 Å². The predicted molar refractivity (Wildman–Crippen MR) is 94.2 cm³/mol. The molecular weight excluding hydrogens is 339 g/mol. The maximum absolute atomic E-state index is 13.8. The highest BCUT2D eigenvalue weighted by Gasteiger charge is 2.16. The first-order valence-corrected chi connectivity index (χ1v) is 8.54. The van der Waals surface area contributed by atoms with E-state index in [0.29, 0.717) is 32.1 Å². The van der Waals surface area contributed by atoms with E-state index in [1.807, 2.05) is 14.0 Å². The fourth-order valence-corrected chi connectivity index (χ4v) is 2.71. The molecule has 1 aromatic carbocycles. The minimum absolute atomic E-state index is 0.195. The molecule has 1 aliphatic heterocycles. The molecule has 0 radical (unpaired) electrons. The minimum atomic E-state index is -0.282. The summed E-state index contributed by atoms with van der Waals surface area (Å²) in [5.74, 6) is 1.89. The quantitative estimate of drug-likeness (QED) is 0.592. The van der Waals surface area contributed by atoms with Crippen molar-refractivity contribution >= 4 is 5.96 Å². The Morgan fingerprint density at radius 1 is 1.38 bits per heavy atom. The second-order valence-electron chi connectivity index (χ2n) is 5.84. The van der Waals surface area contributed by atoms with Crippen LogP contribution in [0.5, 0.6) is 5.75 Å². The van der Waals surface area contributed by atoms with Gasteiger partial charge in [0.05, 0.1) is 6.61 Å². The molecule has 0 aliphatic carbocycles. The van der Waals surface area contributed by atoms with Crippen LogP contribution in [0.15, 0.2) is 23.5 Å². The number of fused-ring (bicyclic) bond motifs is 1. The van der Waals surface area contributed by atoms with E-state index in [1.54, 1.807) is 4.68 Å². The lowest BCUT2D eigenvalue weighted by atomic mass is 10.1. The van der Waals surface area contributed by atoms with Gasteiger partial charge in [0.1, 0.15) is 30.3 Å². The van der Waals surface area contributed by atoms with E-state index in [9.17, 15) is 4.39 Å². The summed E-state index contributed by atoms with van der Waals surface area (Å²) < 4.78 is 26.2. The highest BCUT2D eigenvalue weighted by Crippen LogP contribution is 2.29. The second kappa shape index (κ2) is 8.61. The zero-order valence-corrected chi connectivity index (χ0v) is 15.0. The number of aromatic nitrogens is 3. The maximum atomic E-state index is 13.8. The van der Waals surface area contributed by atoms with Gasteiger partial charge >= 0.3 is 0 Å². The fraction of sp³-hybridized carbons (Fsp3) is 0.471. The molecular formula is C17H23FN6O2. The van der Waals surface area contributed by atoms with Gasteiger partial charge in [-0.1, -0.05) is 0 Å². The van der Waals surface area contributed by atoms with Gasteiger partial charge in [-0.25, -0.2) is 14.4 Å². The van der Waals surface area contributed by atoms with E-state index in [-0.39, 0.29) is 12.6 Å². The van der Waals surface area contributed by atoms with E-state index in [4.69, 9.17) is 9.47 Å². The topological polar surface area (TPSA) is 85.6 Å². The van der Waals surface area contributed by atoms with E-state index in [0.717, 1.165) is 29.2 Å². The zero-order chi connectivity index (χ0) is 18.4. The molecule has 0 amide bonds. The van der Waals surface area contributed by atoms with Gasteiger partial charge in [-0.05, 0) is 31.0 Å². The van der Waals surface area contributed by atoms with Crippen LogP contribution in [0.2, 0.25) is 0 Å².